The van der Waals surface area contributed by atoms with Gasteiger partial charge in [-0.15, -0.1) is 0 Å². The number of ether oxygens (including phenoxy) is 1. The van der Waals surface area contributed by atoms with Gasteiger partial charge in [-0.25, -0.2) is 4.79 Å². The summed E-state index contributed by atoms with van der Waals surface area (Å²) in [6.07, 6.45) is 1.47. The Morgan fingerprint density at radius 3 is 2.44 bits per heavy atom. The van der Waals surface area contributed by atoms with Crippen LogP contribution in [0.2, 0.25) is 0 Å². The number of urea groups is 1. The summed E-state index contributed by atoms with van der Waals surface area (Å²) in [5.74, 6) is 1.74. The number of rotatable bonds is 3. The van der Waals surface area contributed by atoms with Crippen LogP contribution in [0.3, 0.4) is 0 Å². The third kappa shape index (κ3) is 3.98. The van der Waals surface area contributed by atoms with E-state index in [1.54, 1.807) is 4.90 Å². The summed E-state index contributed by atoms with van der Waals surface area (Å²) in [5.41, 5.74) is 0.998. The lowest BCUT2D eigenvalue weighted by atomic mass is 10.1. The topological polar surface area (TPSA) is 75.0 Å². The van der Waals surface area contributed by atoms with Gasteiger partial charge in [-0.05, 0) is 39.7 Å². The van der Waals surface area contributed by atoms with Gasteiger partial charge in [0, 0.05) is 38.3 Å². The molecule has 0 saturated carbocycles. The minimum absolute atomic E-state index is 0.0652. The minimum atomic E-state index is -0.285. The van der Waals surface area contributed by atoms with E-state index in [9.17, 15) is 9.59 Å². The highest BCUT2D eigenvalue weighted by Crippen LogP contribution is 2.21. The summed E-state index contributed by atoms with van der Waals surface area (Å²) in [6, 6.07) is 1.74. The molecular weight excluding hydrogens is 322 g/mol. The summed E-state index contributed by atoms with van der Waals surface area (Å²) >= 11 is 0. The zero-order chi connectivity index (χ0) is 18.0. The van der Waals surface area contributed by atoms with Crippen molar-refractivity contribution in [3.63, 3.8) is 0 Å². The molecule has 25 heavy (non-hydrogen) atoms. The first-order chi connectivity index (χ1) is 12.0. The van der Waals surface area contributed by atoms with E-state index < -0.39 is 0 Å². The predicted molar refractivity (Wildman–Crippen MR) is 92.3 cm³/mol. The van der Waals surface area contributed by atoms with E-state index in [0.717, 1.165) is 29.9 Å². The molecule has 3 amide bonds. The fraction of sp³-hybridized carbons (Fsp3) is 0.667. The molecule has 7 nitrogen and oxygen atoms in total. The number of nitrogens with zero attached hydrogens (tertiary/aromatic N) is 2. The fourth-order valence-corrected chi connectivity index (χ4v) is 3.54. The second kappa shape index (κ2) is 7.47. The molecule has 2 aliphatic rings. The van der Waals surface area contributed by atoms with Crippen molar-refractivity contribution in [3.05, 3.63) is 23.2 Å². The van der Waals surface area contributed by atoms with Crippen LogP contribution in [0, 0.1) is 13.8 Å². The van der Waals surface area contributed by atoms with Crippen LogP contribution in [0.25, 0.3) is 0 Å². The maximum absolute atomic E-state index is 12.5. The van der Waals surface area contributed by atoms with E-state index in [4.69, 9.17) is 9.15 Å². The molecule has 3 heterocycles. The number of carbonyl (C=O) groups is 2. The smallest absolute Gasteiger partial charge is 0.317 e. The van der Waals surface area contributed by atoms with Crippen molar-refractivity contribution in [2.75, 3.05) is 32.8 Å². The second-order valence-electron chi connectivity index (χ2n) is 6.85. The Bertz CT molecular complexity index is 628. The maximum atomic E-state index is 12.5. The highest BCUT2D eigenvalue weighted by atomic mass is 16.5. The first-order valence-corrected chi connectivity index (χ1v) is 8.98. The number of hydrogen-bond donors (Lipinski definition) is 1. The average Bonchev–Trinajstić information content (AvgIpc) is 3.24. The quantitative estimate of drug-likeness (QED) is 0.905. The lowest BCUT2D eigenvalue weighted by molar-refractivity contribution is -0.142. The van der Waals surface area contributed by atoms with Crippen LogP contribution >= 0.6 is 0 Å². The number of furan rings is 1. The molecule has 7 heteroatoms. The lowest BCUT2D eigenvalue weighted by Gasteiger charge is -2.36. The molecule has 0 bridgehead atoms. The number of hydrogen-bond acceptors (Lipinski definition) is 4. The van der Waals surface area contributed by atoms with Gasteiger partial charge < -0.3 is 24.3 Å². The Hall–Kier alpha value is -2.02. The monoisotopic (exact) mass is 349 g/mol. The Kier molecular flexibility index (Phi) is 5.32. The molecule has 2 atom stereocenters. The van der Waals surface area contributed by atoms with Crippen molar-refractivity contribution >= 4 is 11.9 Å². The molecule has 138 valence electrons. The van der Waals surface area contributed by atoms with Gasteiger partial charge in [-0.3, -0.25) is 4.79 Å². The molecule has 2 aliphatic heterocycles. The van der Waals surface area contributed by atoms with Gasteiger partial charge in [0.2, 0.25) is 0 Å². The Labute approximate surface area is 148 Å². The minimum Gasteiger partial charge on any atom is -0.466 e. The summed E-state index contributed by atoms with van der Waals surface area (Å²) in [6.45, 7) is 8.63. The van der Waals surface area contributed by atoms with Gasteiger partial charge in [0.15, 0.2) is 0 Å². The van der Waals surface area contributed by atoms with Crippen LogP contribution in [0.5, 0.6) is 0 Å². The van der Waals surface area contributed by atoms with Crippen LogP contribution in [-0.2, 0) is 9.53 Å². The number of amides is 3. The molecule has 1 aromatic heterocycles. The third-order valence-electron chi connectivity index (χ3n) is 4.97. The standard InChI is InChI=1S/C18H27N3O4/c1-12-11-15(14(3)25-12)13(2)19-18(23)21-8-6-20(7-9-21)17(22)16-5-4-10-24-16/h11,13,16H,4-10H2,1-3H3,(H,19,23). The highest BCUT2D eigenvalue weighted by Gasteiger charge is 2.31. The first-order valence-electron chi connectivity index (χ1n) is 8.98. The van der Waals surface area contributed by atoms with Crippen molar-refractivity contribution in [2.24, 2.45) is 0 Å². The van der Waals surface area contributed by atoms with Crippen molar-refractivity contribution in [1.82, 2.24) is 15.1 Å². The Morgan fingerprint density at radius 1 is 1.20 bits per heavy atom. The van der Waals surface area contributed by atoms with Crippen LogP contribution in [-0.4, -0.2) is 60.6 Å². The van der Waals surface area contributed by atoms with Crippen molar-refractivity contribution < 1.29 is 18.7 Å². The molecule has 0 aromatic carbocycles. The predicted octanol–water partition coefficient (Wildman–Crippen LogP) is 1.99. The lowest BCUT2D eigenvalue weighted by Crippen LogP contribution is -2.55. The summed E-state index contributed by atoms with van der Waals surface area (Å²) in [4.78, 5) is 28.4. The molecule has 0 spiro atoms. The van der Waals surface area contributed by atoms with E-state index >= 15 is 0 Å². The fourth-order valence-electron chi connectivity index (χ4n) is 3.54. The van der Waals surface area contributed by atoms with Crippen molar-refractivity contribution in [1.29, 1.82) is 0 Å². The first kappa shape index (κ1) is 17.8. The van der Waals surface area contributed by atoms with Crippen molar-refractivity contribution in [3.8, 4) is 0 Å². The molecule has 0 radical (unpaired) electrons. The highest BCUT2D eigenvalue weighted by molar-refractivity contribution is 5.81. The molecule has 2 saturated heterocycles. The Morgan fingerprint density at radius 2 is 1.88 bits per heavy atom. The molecule has 1 aromatic rings. The molecule has 3 rings (SSSR count). The molecule has 2 unspecified atom stereocenters. The summed E-state index contributed by atoms with van der Waals surface area (Å²) in [5, 5.41) is 3.02. The van der Waals surface area contributed by atoms with Crippen LogP contribution in [0.15, 0.2) is 10.5 Å². The van der Waals surface area contributed by atoms with E-state index in [1.165, 1.54) is 0 Å². The molecular formula is C18H27N3O4. The van der Waals surface area contributed by atoms with Gasteiger partial charge in [0.1, 0.15) is 17.6 Å². The van der Waals surface area contributed by atoms with E-state index in [2.05, 4.69) is 5.32 Å². The maximum Gasteiger partial charge on any atom is 0.317 e. The molecule has 2 fully saturated rings. The van der Waals surface area contributed by atoms with Gasteiger partial charge in [0.25, 0.3) is 5.91 Å². The van der Waals surface area contributed by atoms with Crippen molar-refractivity contribution in [2.45, 2.75) is 45.8 Å². The average molecular weight is 349 g/mol. The van der Waals surface area contributed by atoms with E-state index in [1.807, 2.05) is 31.7 Å². The zero-order valence-electron chi connectivity index (χ0n) is 15.2. The Balaban J connectivity index is 1.49. The SMILES string of the molecule is Cc1cc(C(C)NC(=O)N2CCN(C(=O)C3CCCO3)CC2)c(C)o1. The van der Waals surface area contributed by atoms with E-state index in [0.29, 0.717) is 32.8 Å². The van der Waals surface area contributed by atoms with Crippen LogP contribution < -0.4 is 5.32 Å². The van der Waals surface area contributed by atoms with E-state index in [-0.39, 0.29) is 24.1 Å². The summed E-state index contributed by atoms with van der Waals surface area (Å²) < 4.78 is 11.0. The number of piperazine rings is 1. The summed E-state index contributed by atoms with van der Waals surface area (Å²) in [7, 11) is 0. The molecule has 0 aliphatic carbocycles. The second-order valence-corrected chi connectivity index (χ2v) is 6.85. The van der Waals surface area contributed by atoms with Gasteiger partial charge in [-0.2, -0.15) is 0 Å². The van der Waals surface area contributed by atoms with Gasteiger partial charge in [0.05, 0.1) is 6.04 Å². The van der Waals surface area contributed by atoms with Gasteiger partial charge >= 0.3 is 6.03 Å². The van der Waals surface area contributed by atoms with Crippen LogP contribution in [0.4, 0.5) is 4.79 Å². The van der Waals surface area contributed by atoms with Crippen LogP contribution in [0.1, 0.15) is 42.9 Å². The number of aryl methyl sites for hydroxylation is 2. The third-order valence-corrected chi connectivity index (χ3v) is 4.97. The largest absolute Gasteiger partial charge is 0.466 e. The molecule has 1 N–H and O–H groups in total. The van der Waals surface area contributed by atoms with Gasteiger partial charge in [-0.1, -0.05) is 0 Å². The zero-order valence-corrected chi connectivity index (χ0v) is 15.2. The normalized spacial score (nSPS) is 22.1. The number of nitrogens with one attached hydrogen (secondary N) is 1. The number of carbonyl (C=O) groups excluding carboxylic acids is 2.